The number of anilines is 2. The Morgan fingerprint density at radius 2 is 1.69 bits per heavy atom. The molecular weight excluding hydrogens is 446 g/mol. The van der Waals surface area contributed by atoms with Crippen molar-refractivity contribution in [2.24, 2.45) is 0 Å². The summed E-state index contributed by atoms with van der Waals surface area (Å²) < 4.78 is 0. The topological polar surface area (TPSA) is 64.2 Å². The van der Waals surface area contributed by atoms with Crippen LogP contribution in [0, 0.1) is 0 Å². The van der Waals surface area contributed by atoms with Crippen LogP contribution in [0.3, 0.4) is 0 Å². The van der Waals surface area contributed by atoms with E-state index in [1.165, 1.54) is 11.3 Å². The van der Waals surface area contributed by atoms with Crippen LogP contribution in [-0.2, 0) is 12.0 Å². The van der Waals surface area contributed by atoms with Crippen LogP contribution in [0.25, 0.3) is 22.4 Å². The van der Waals surface area contributed by atoms with Gasteiger partial charge in [-0.2, -0.15) is 0 Å². The molecule has 0 atom stereocenters. The number of imidazole rings is 1. The number of hydrogen-bond acceptors (Lipinski definition) is 6. The van der Waals surface area contributed by atoms with Crippen molar-refractivity contribution in [1.82, 2.24) is 24.8 Å². The summed E-state index contributed by atoms with van der Waals surface area (Å²) in [7, 11) is 2.03. The van der Waals surface area contributed by atoms with Crippen LogP contribution in [-0.4, -0.2) is 64.6 Å². The average molecular weight is 484 g/mol. The Kier molecular flexibility index (Phi) is 6.67. The minimum Gasteiger partial charge on any atom is -0.367 e. The van der Waals surface area contributed by atoms with E-state index in [4.69, 9.17) is 9.97 Å². The fourth-order valence-electron chi connectivity index (χ4n) is 4.72. The molecule has 0 saturated carbocycles. The van der Waals surface area contributed by atoms with Crippen LogP contribution in [0.4, 0.5) is 11.6 Å². The number of fused-ring (bicyclic) bond motifs is 1. The third kappa shape index (κ3) is 5.07. The molecule has 5 rings (SSSR count). The van der Waals surface area contributed by atoms with Gasteiger partial charge in [-0.3, -0.25) is 4.90 Å². The van der Waals surface area contributed by atoms with Crippen molar-refractivity contribution in [3.05, 3.63) is 66.0 Å². The average Bonchev–Trinajstić information content (AvgIpc) is 3.33. The largest absolute Gasteiger partial charge is 0.367 e. The van der Waals surface area contributed by atoms with Gasteiger partial charge in [-0.05, 0) is 36.1 Å². The fourth-order valence-corrected chi connectivity index (χ4v) is 4.72. The van der Waals surface area contributed by atoms with E-state index in [0.717, 1.165) is 73.3 Å². The number of nitrogens with zero attached hydrogens (tertiary/aromatic N) is 6. The Morgan fingerprint density at radius 3 is 2.39 bits per heavy atom. The predicted molar refractivity (Wildman–Crippen MR) is 149 cm³/mol. The van der Waals surface area contributed by atoms with Crippen molar-refractivity contribution in [1.29, 1.82) is 0 Å². The minimum atomic E-state index is 0.142. The molecular formula is C29H37N7. The highest BCUT2D eigenvalue weighted by atomic mass is 15.3. The number of piperazine rings is 1. The molecule has 4 aromatic rings. The third-order valence-electron chi connectivity index (χ3n) is 7.14. The Hall–Kier alpha value is -3.45. The number of rotatable bonds is 6. The molecule has 7 heteroatoms. The van der Waals surface area contributed by atoms with Gasteiger partial charge in [0.1, 0.15) is 5.82 Å². The summed E-state index contributed by atoms with van der Waals surface area (Å²) in [6.07, 6.45) is 1.87. The zero-order chi connectivity index (χ0) is 25.3. The molecule has 188 valence electrons. The molecule has 36 heavy (non-hydrogen) atoms. The lowest BCUT2D eigenvalue weighted by Crippen LogP contribution is -2.46. The van der Waals surface area contributed by atoms with Gasteiger partial charge in [0.05, 0.1) is 22.4 Å². The van der Waals surface area contributed by atoms with E-state index in [2.05, 4.69) is 94.8 Å². The predicted octanol–water partition coefficient (Wildman–Crippen LogP) is 5.10. The van der Waals surface area contributed by atoms with Crippen molar-refractivity contribution in [3.63, 3.8) is 0 Å². The summed E-state index contributed by atoms with van der Waals surface area (Å²) in [4.78, 5) is 24.7. The van der Waals surface area contributed by atoms with Crippen molar-refractivity contribution >= 4 is 22.7 Å². The third-order valence-corrected chi connectivity index (χ3v) is 7.14. The van der Waals surface area contributed by atoms with Crippen molar-refractivity contribution < 1.29 is 0 Å². The number of nitrogens with one attached hydrogen (secondary N) is 1. The molecule has 2 aromatic heterocycles. The van der Waals surface area contributed by atoms with Gasteiger partial charge in [0, 0.05) is 58.1 Å². The Bertz CT molecular complexity index is 1310. The van der Waals surface area contributed by atoms with E-state index < -0.39 is 0 Å². The monoisotopic (exact) mass is 483 g/mol. The smallest absolute Gasteiger partial charge is 0.225 e. The van der Waals surface area contributed by atoms with E-state index in [1.54, 1.807) is 0 Å². The minimum absolute atomic E-state index is 0.142. The maximum atomic E-state index is 4.92. The van der Waals surface area contributed by atoms with E-state index in [-0.39, 0.29) is 5.41 Å². The second-order valence-corrected chi connectivity index (χ2v) is 10.7. The molecule has 7 nitrogen and oxygen atoms in total. The van der Waals surface area contributed by atoms with Crippen LogP contribution >= 0.6 is 0 Å². The quantitative estimate of drug-likeness (QED) is 0.412. The Morgan fingerprint density at radius 1 is 0.944 bits per heavy atom. The van der Waals surface area contributed by atoms with Crippen LogP contribution in [0.15, 0.2) is 54.7 Å². The molecule has 1 N–H and O–H groups in total. The zero-order valence-electron chi connectivity index (χ0n) is 22.1. The number of H-pyrrole nitrogens is 1. The zero-order valence-corrected chi connectivity index (χ0v) is 22.1. The summed E-state index contributed by atoms with van der Waals surface area (Å²) in [6.45, 7) is 14.5. The van der Waals surface area contributed by atoms with Crippen LogP contribution in [0.1, 0.15) is 39.0 Å². The molecule has 0 amide bonds. The molecule has 0 spiro atoms. The maximum Gasteiger partial charge on any atom is 0.225 e. The van der Waals surface area contributed by atoms with Gasteiger partial charge in [0.15, 0.2) is 0 Å². The number of aromatic amines is 1. The SMILES string of the molecule is CCN(C)c1nccc(CN2CCN(c3cccc4nc(-c5ccc(C(C)(C)C)cc5)[nH]c34)CC2)n1. The van der Waals surface area contributed by atoms with Crippen LogP contribution < -0.4 is 9.80 Å². The lowest BCUT2D eigenvalue weighted by molar-refractivity contribution is 0.247. The van der Waals surface area contributed by atoms with E-state index in [0.29, 0.717) is 0 Å². The summed E-state index contributed by atoms with van der Waals surface area (Å²) in [5, 5.41) is 0. The second-order valence-electron chi connectivity index (χ2n) is 10.7. The number of benzene rings is 2. The molecule has 0 unspecified atom stereocenters. The summed E-state index contributed by atoms with van der Waals surface area (Å²) in [5.74, 6) is 1.72. The number of aromatic nitrogens is 4. The first-order valence-corrected chi connectivity index (χ1v) is 12.9. The van der Waals surface area contributed by atoms with Gasteiger partial charge < -0.3 is 14.8 Å². The first kappa shape index (κ1) is 24.3. The Labute approximate surface area is 214 Å². The first-order valence-electron chi connectivity index (χ1n) is 12.9. The van der Waals surface area contributed by atoms with Crippen molar-refractivity contribution in [3.8, 4) is 11.4 Å². The summed E-state index contributed by atoms with van der Waals surface area (Å²) in [6, 6.07) is 17.2. The van der Waals surface area contributed by atoms with Crippen molar-refractivity contribution in [2.75, 3.05) is 49.6 Å². The molecule has 0 radical (unpaired) electrons. The molecule has 3 heterocycles. The number of hydrogen-bond donors (Lipinski definition) is 1. The van der Waals surface area contributed by atoms with Gasteiger partial charge in [-0.1, -0.05) is 51.1 Å². The molecule has 1 fully saturated rings. The second kappa shape index (κ2) is 9.90. The molecule has 1 aliphatic heterocycles. The van der Waals surface area contributed by atoms with E-state index >= 15 is 0 Å². The highest BCUT2D eigenvalue weighted by Crippen LogP contribution is 2.30. The normalized spacial score (nSPS) is 15.0. The van der Waals surface area contributed by atoms with Crippen molar-refractivity contribution in [2.45, 2.75) is 39.7 Å². The summed E-state index contributed by atoms with van der Waals surface area (Å²) in [5.41, 5.74) is 7.02. The van der Waals surface area contributed by atoms with Gasteiger partial charge in [0.2, 0.25) is 5.95 Å². The molecule has 0 aliphatic carbocycles. The molecule has 1 aliphatic rings. The maximum absolute atomic E-state index is 4.92. The standard InChI is InChI=1S/C29H37N7/c1-6-34(5)28-30-15-14-23(31-28)20-35-16-18-36(19-17-35)25-9-7-8-24-26(25)33-27(32-24)21-10-12-22(13-11-21)29(2,3)4/h7-15H,6,16-20H2,1-5H3,(H,32,33). The van der Waals surface area contributed by atoms with E-state index in [1.807, 2.05) is 19.3 Å². The van der Waals surface area contributed by atoms with Gasteiger partial charge in [0.25, 0.3) is 0 Å². The molecule has 1 saturated heterocycles. The lowest BCUT2D eigenvalue weighted by Gasteiger charge is -2.36. The molecule has 2 aromatic carbocycles. The van der Waals surface area contributed by atoms with Gasteiger partial charge >= 0.3 is 0 Å². The first-order chi connectivity index (χ1) is 17.3. The lowest BCUT2D eigenvalue weighted by atomic mass is 9.87. The molecule has 0 bridgehead atoms. The van der Waals surface area contributed by atoms with Crippen LogP contribution in [0.5, 0.6) is 0 Å². The number of para-hydroxylation sites is 1. The highest BCUT2D eigenvalue weighted by molar-refractivity contribution is 5.91. The van der Waals surface area contributed by atoms with Gasteiger partial charge in [-0.25, -0.2) is 15.0 Å². The van der Waals surface area contributed by atoms with Gasteiger partial charge in [-0.15, -0.1) is 0 Å². The Balaban J connectivity index is 1.29. The van der Waals surface area contributed by atoms with E-state index in [9.17, 15) is 0 Å². The highest BCUT2D eigenvalue weighted by Gasteiger charge is 2.21. The fraction of sp³-hybridized carbons (Fsp3) is 0.414. The summed E-state index contributed by atoms with van der Waals surface area (Å²) >= 11 is 0. The van der Waals surface area contributed by atoms with Crippen LogP contribution in [0.2, 0.25) is 0 Å².